The van der Waals surface area contributed by atoms with Crippen molar-refractivity contribution in [3.8, 4) is 5.75 Å². The topological polar surface area (TPSA) is 67.6 Å². The van der Waals surface area contributed by atoms with Crippen LogP contribution in [-0.4, -0.2) is 36.5 Å². The van der Waals surface area contributed by atoms with E-state index in [-0.39, 0.29) is 36.8 Å². The van der Waals surface area contributed by atoms with Gasteiger partial charge in [0.25, 0.3) is 5.91 Å². The summed E-state index contributed by atoms with van der Waals surface area (Å²) < 4.78 is 6.09. The zero-order valence-electron chi connectivity index (χ0n) is 15.7. The van der Waals surface area contributed by atoms with Crippen molar-refractivity contribution in [2.24, 2.45) is 5.92 Å². The van der Waals surface area contributed by atoms with Crippen LogP contribution in [0.2, 0.25) is 0 Å². The van der Waals surface area contributed by atoms with Gasteiger partial charge in [-0.2, -0.15) is 0 Å². The zero-order chi connectivity index (χ0) is 17.9. The Morgan fingerprint density at radius 1 is 1.07 bits per heavy atom. The van der Waals surface area contributed by atoms with Gasteiger partial charge in [-0.1, -0.05) is 12.1 Å². The fourth-order valence-electron chi connectivity index (χ4n) is 3.41. The van der Waals surface area contributed by atoms with E-state index in [1.54, 1.807) is 24.3 Å². The molecule has 1 aliphatic carbocycles. The van der Waals surface area contributed by atoms with Crippen LogP contribution in [0.25, 0.3) is 0 Å². The summed E-state index contributed by atoms with van der Waals surface area (Å²) in [6.45, 7) is 3.35. The van der Waals surface area contributed by atoms with Crippen molar-refractivity contribution in [1.29, 1.82) is 0 Å². The monoisotopic (exact) mass is 423 g/mol. The summed E-state index contributed by atoms with van der Waals surface area (Å²) in [4.78, 5) is 14.9. The van der Waals surface area contributed by atoms with Crippen LogP contribution >= 0.6 is 24.8 Å². The standard InChI is InChI=1S/C21H25N3O2.2ClH/c22-19-3-1-2-4-20(19)23-21(25)16-7-9-17(10-8-16)26-18-11-12-24(14-18)13-15-5-6-15;;/h1-4,7-10,15,18H,5-6,11-14,22H2,(H,23,25);2*1H/t18-;;/m0../s1. The number of nitrogens with zero attached hydrogens (tertiary/aromatic N) is 1. The van der Waals surface area contributed by atoms with Crippen molar-refractivity contribution < 1.29 is 9.53 Å². The normalized spacial score (nSPS) is 18.6. The highest BCUT2D eigenvalue weighted by Crippen LogP contribution is 2.31. The molecule has 2 fully saturated rings. The third-order valence-corrected chi connectivity index (χ3v) is 5.07. The first-order valence-corrected chi connectivity index (χ1v) is 9.32. The van der Waals surface area contributed by atoms with Gasteiger partial charge in [-0.3, -0.25) is 9.69 Å². The largest absolute Gasteiger partial charge is 0.489 e. The van der Waals surface area contributed by atoms with E-state index in [1.807, 2.05) is 24.3 Å². The van der Waals surface area contributed by atoms with Crippen LogP contribution in [0.15, 0.2) is 48.5 Å². The SMILES string of the molecule is Cl.Cl.Nc1ccccc1NC(=O)c1ccc(O[C@H]2CCN(CC3CC3)C2)cc1. The number of anilines is 2. The van der Waals surface area contributed by atoms with Crippen molar-refractivity contribution in [2.45, 2.75) is 25.4 Å². The van der Waals surface area contributed by atoms with Crippen LogP contribution in [0.1, 0.15) is 29.6 Å². The molecule has 0 radical (unpaired) electrons. The lowest BCUT2D eigenvalue weighted by Gasteiger charge is -2.16. The molecule has 0 aromatic heterocycles. The van der Waals surface area contributed by atoms with E-state index in [4.69, 9.17) is 10.5 Å². The quantitative estimate of drug-likeness (QED) is 0.682. The molecule has 1 saturated heterocycles. The number of nitrogen functional groups attached to an aromatic ring is 1. The Labute approximate surface area is 178 Å². The lowest BCUT2D eigenvalue weighted by Crippen LogP contribution is -2.26. The fourth-order valence-corrected chi connectivity index (χ4v) is 3.41. The highest BCUT2D eigenvalue weighted by atomic mass is 35.5. The van der Waals surface area contributed by atoms with E-state index in [2.05, 4.69) is 10.2 Å². The van der Waals surface area contributed by atoms with Crippen LogP contribution in [0.3, 0.4) is 0 Å². The number of likely N-dealkylation sites (tertiary alicyclic amines) is 1. The maximum absolute atomic E-state index is 12.4. The molecular weight excluding hydrogens is 397 g/mol. The summed E-state index contributed by atoms with van der Waals surface area (Å²) in [7, 11) is 0. The number of hydrogen-bond acceptors (Lipinski definition) is 4. The van der Waals surface area contributed by atoms with Gasteiger partial charge in [-0.15, -0.1) is 24.8 Å². The summed E-state index contributed by atoms with van der Waals surface area (Å²) in [5.74, 6) is 1.56. The molecule has 2 aliphatic rings. The molecule has 2 aromatic carbocycles. The molecule has 0 unspecified atom stereocenters. The van der Waals surface area contributed by atoms with Gasteiger partial charge in [0.1, 0.15) is 11.9 Å². The molecule has 7 heteroatoms. The first kappa shape index (κ1) is 22.3. The van der Waals surface area contributed by atoms with Crippen molar-refractivity contribution >= 4 is 42.1 Å². The van der Waals surface area contributed by atoms with Gasteiger partial charge in [0.15, 0.2) is 0 Å². The van der Waals surface area contributed by atoms with Crippen LogP contribution in [0, 0.1) is 5.92 Å². The van der Waals surface area contributed by atoms with Crippen molar-refractivity contribution in [2.75, 3.05) is 30.7 Å². The molecule has 5 nitrogen and oxygen atoms in total. The maximum atomic E-state index is 12.4. The maximum Gasteiger partial charge on any atom is 0.255 e. The van der Waals surface area contributed by atoms with Gasteiger partial charge in [0.05, 0.1) is 11.4 Å². The predicted molar refractivity (Wildman–Crippen MR) is 118 cm³/mol. The van der Waals surface area contributed by atoms with Gasteiger partial charge in [-0.05, 0) is 61.6 Å². The summed E-state index contributed by atoms with van der Waals surface area (Å²) in [6, 6.07) is 14.6. The Bertz CT molecular complexity index is 781. The molecule has 0 bridgehead atoms. The first-order valence-electron chi connectivity index (χ1n) is 9.32. The lowest BCUT2D eigenvalue weighted by molar-refractivity contribution is 0.102. The van der Waals surface area contributed by atoms with E-state index in [0.717, 1.165) is 31.2 Å². The minimum atomic E-state index is -0.175. The third-order valence-electron chi connectivity index (χ3n) is 5.07. The van der Waals surface area contributed by atoms with Crippen LogP contribution in [0.4, 0.5) is 11.4 Å². The smallest absolute Gasteiger partial charge is 0.255 e. The minimum absolute atomic E-state index is 0. The molecule has 1 heterocycles. The number of hydrogen-bond donors (Lipinski definition) is 2. The molecule has 1 aliphatic heterocycles. The molecule has 2 aromatic rings. The average Bonchev–Trinajstić information content (AvgIpc) is 3.35. The number of carbonyl (C=O) groups excluding carboxylic acids is 1. The number of halogens is 2. The van der Waals surface area contributed by atoms with Crippen molar-refractivity contribution in [3.05, 3.63) is 54.1 Å². The fraction of sp³-hybridized carbons (Fsp3) is 0.381. The molecule has 1 amide bonds. The molecule has 4 rings (SSSR count). The highest BCUT2D eigenvalue weighted by molar-refractivity contribution is 6.05. The van der Waals surface area contributed by atoms with E-state index in [1.165, 1.54) is 19.4 Å². The number of amides is 1. The lowest BCUT2D eigenvalue weighted by atomic mass is 10.2. The number of ether oxygens (including phenoxy) is 1. The number of benzene rings is 2. The Morgan fingerprint density at radius 2 is 1.79 bits per heavy atom. The Morgan fingerprint density at radius 3 is 2.46 bits per heavy atom. The second-order valence-electron chi connectivity index (χ2n) is 7.30. The average molecular weight is 424 g/mol. The van der Waals surface area contributed by atoms with Gasteiger partial charge in [0.2, 0.25) is 0 Å². The van der Waals surface area contributed by atoms with Crippen LogP contribution < -0.4 is 15.8 Å². The Kier molecular flexibility index (Phi) is 7.98. The van der Waals surface area contributed by atoms with Crippen LogP contribution in [0.5, 0.6) is 5.75 Å². The number of nitrogens with one attached hydrogen (secondary N) is 1. The molecule has 0 spiro atoms. The Hall–Kier alpha value is -1.95. The molecular formula is C21H27Cl2N3O2. The molecule has 28 heavy (non-hydrogen) atoms. The van der Waals surface area contributed by atoms with Crippen molar-refractivity contribution in [1.82, 2.24) is 4.90 Å². The molecule has 1 atom stereocenters. The molecule has 3 N–H and O–H groups in total. The Balaban J connectivity index is 0.00000140. The van der Waals surface area contributed by atoms with Gasteiger partial charge >= 0.3 is 0 Å². The predicted octanol–water partition coefficient (Wildman–Crippen LogP) is 4.23. The molecule has 1 saturated carbocycles. The number of para-hydroxylation sites is 2. The number of rotatable bonds is 6. The summed E-state index contributed by atoms with van der Waals surface area (Å²) >= 11 is 0. The van der Waals surface area contributed by atoms with E-state index >= 15 is 0 Å². The second-order valence-corrected chi connectivity index (χ2v) is 7.30. The third kappa shape index (κ3) is 5.77. The zero-order valence-corrected chi connectivity index (χ0v) is 17.3. The summed E-state index contributed by atoms with van der Waals surface area (Å²) in [5, 5.41) is 2.84. The number of nitrogens with two attached hydrogens (primary N) is 1. The van der Waals surface area contributed by atoms with E-state index in [0.29, 0.717) is 16.9 Å². The molecule has 152 valence electrons. The van der Waals surface area contributed by atoms with Gasteiger partial charge in [-0.25, -0.2) is 0 Å². The summed E-state index contributed by atoms with van der Waals surface area (Å²) in [5.41, 5.74) is 7.63. The minimum Gasteiger partial charge on any atom is -0.489 e. The van der Waals surface area contributed by atoms with Gasteiger partial charge < -0.3 is 15.8 Å². The highest BCUT2D eigenvalue weighted by Gasteiger charge is 2.29. The second kappa shape index (κ2) is 10.0. The first-order chi connectivity index (χ1) is 12.7. The van der Waals surface area contributed by atoms with Crippen molar-refractivity contribution in [3.63, 3.8) is 0 Å². The van der Waals surface area contributed by atoms with E-state index < -0.39 is 0 Å². The van der Waals surface area contributed by atoms with Gasteiger partial charge in [0, 0.05) is 25.2 Å². The number of carbonyl (C=O) groups is 1. The summed E-state index contributed by atoms with van der Waals surface area (Å²) in [6.07, 6.45) is 4.10. The van der Waals surface area contributed by atoms with E-state index in [9.17, 15) is 4.79 Å². The van der Waals surface area contributed by atoms with Crippen LogP contribution in [-0.2, 0) is 0 Å².